The third-order valence-electron chi connectivity index (χ3n) is 3.34. The zero-order chi connectivity index (χ0) is 16.2. The van der Waals surface area contributed by atoms with E-state index in [9.17, 15) is 4.79 Å². The third-order valence-corrected chi connectivity index (χ3v) is 3.34. The van der Waals surface area contributed by atoms with Gasteiger partial charge in [0.15, 0.2) is 5.82 Å². The first kappa shape index (κ1) is 14.7. The molecule has 3 aromatic rings. The van der Waals surface area contributed by atoms with Crippen LogP contribution in [-0.2, 0) is 7.05 Å². The Morgan fingerprint density at radius 3 is 2.78 bits per heavy atom. The highest BCUT2D eigenvalue weighted by Gasteiger charge is 2.16. The first-order valence-corrected chi connectivity index (χ1v) is 6.94. The van der Waals surface area contributed by atoms with E-state index in [1.807, 2.05) is 31.3 Å². The van der Waals surface area contributed by atoms with Gasteiger partial charge in [0.1, 0.15) is 11.9 Å². The molecule has 3 rings (SSSR count). The highest BCUT2D eigenvalue weighted by atomic mass is 16.5. The van der Waals surface area contributed by atoms with E-state index in [0.717, 1.165) is 5.56 Å². The summed E-state index contributed by atoms with van der Waals surface area (Å²) in [4.78, 5) is 16.6. The van der Waals surface area contributed by atoms with E-state index in [2.05, 4.69) is 20.5 Å². The molecule has 0 spiro atoms. The van der Waals surface area contributed by atoms with Crippen LogP contribution in [0.3, 0.4) is 0 Å². The van der Waals surface area contributed by atoms with Crippen LogP contribution in [0.2, 0.25) is 0 Å². The molecule has 0 saturated carbocycles. The molecule has 0 aliphatic rings. The predicted molar refractivity (Wildman–Crippen MR) is 85.2 cm³/mol. The molecule has 0 aliphatic carbocycles. The molecule has 7 heteroatoms. The molecular formula is C16H15N5O2. The molecule has 7 nitrogen and oxygen atoms in total. The molecule has 1 amide bonds. The van der Waals surface area contributed by atoms with Gasteiger partial charge in [-0.25, -0.2) is 4.98 Å². The maximum Gasteiger partial charge on any atom is 0.261 e. The van der Waals surface area contributed by atoms with E-state index in [-0.39, 0.29) is 11.8 Å². The number of hydrogen-bond donors (Lipinski definition) is 1. The van der Waals surface area contributed by atoms with Gasteiger partial charge in [-0.15, -0.1) is 10.2 Å². The van der Waals surface area contributed by atoms with Gasteiger partial charge in [0.25, 0.3) is 5.91 Å². The number of pyridine rings is 1. The summed E-state index contributed by atoms with van der Waals surface area (Å²) in [5, 5.41) is 10.8. The summed E-state index contributed by atoms with van der Waals surface area (Å²) >= 11 is 0. The number of aromatic nitrogens is 4. The first-order chi connectivity index (χ1) is 11.2. The number of carbonyl (C=O) groups excluding carboxylic acids is 1. The molecule has 0 fully saturated rings. The minimum atomic E-state index is -0.301. The Bertz CT molecular complexity index is 844. The monoisotopic (exact) mass is 309 g/mol. The summed E-state index contributed by atoms with van der Waals surface area (Å²) in [6.07, 6.45) is 3.18. The molecule has 116 valence electrons. The van der Waals surface area contributed by atoms with Gasteiger partial charge in [0.05, 0.1) is 12.8 Å². The zero-order valence-corrected chi connectivity index (χ0v) is 12.7. The number of benzene rings is 1. The van der Waals surface area contributed by atoms with Crippen LogP contribution in [0.25, 0.3) is 11.4 Å². The zero-order valence-electron chi connectivity index (χ0n) is 12.7. The van der Waals surface area contributed by atoms with Crippen molar-refractivity contribution in [2.45, 2.75) is 0 Å². The molecule has 0 aliphatic heterocycles. The second-order valence-electron chi connectivity index (χ2n) is 4.83. The summed E-state index contributed by atoms with van der Waals surface area (Å²) in [6, 6.07) is 10.8. The van der Waals surface area contributed by atoms with Crippen LogP contribution < -0.4 is 10.1 Å². The maximum absolute atomic E-state index is 12.5. The normalized spacial score (nSPS) is 10.3. The summed E-state index contributed by atoms with van der Waals surface area (Å²) in [5.41, 5.74) is 1.78. The maximum atomic E-state index is 12.5. The fraction of sp³-hybridized carbons (Fsp3) is 0.125. The largest absolute Gasteiger partial charge is 0.480 e. The van der Waals surface area contributed by atoms with E-state index in [1.165, 1.54) is 7.11 Å². The second kappa shape index (κ2) is 6.27. The van der Waals surface area contributed by atoms with Crippen molar-refractivity contribution in [2.75, 3.05) is 12.4 Å². The molecular weight excluding hydrogens is 294 g/mol. The SMILES string of the molecule is COc1ncccc1C(=O)Nc1ccccc1-c1nncn1C. The lowest BCUT2D eigenvalue weighted by Gasteiger charge is -2.11. The fourth-order valence-electron chi connectivity index (χ4n) is 2.23. The van der Waals surface area contributed by atoms with E-state index in [4.69, 9.17) is 4.74 Å². The minimum Gasteiger partial charge on any atom is -0.480 e. The van der Waals surface area contributed by atoms with Gasteiger partial charge in [-0.3, -0.25) is 4.79 Å². The number of nitrogens with one attached hydrogen (secondary N) is 1. The summed E-state index contributed by atoms with van der Waals surface area (Å²) < 4.78 is 6.91. The lowest BCUT2D eigenvalue weighted by atomic mass is 10.1. The average molecular weight is 309 g/mol. The molecule has 0 bridgehead atoms. The van der Waals surface area contributed by atoms with Gasteiger partial charge >= 0.3 is 0 Å². The Hall–Kier alpha value is -3.22. The van der Waals surface area contributed by atoms with Gasteiger partial charge in [0, 0.05) is 18.8 Å². The van der Waals surface area contributed by atoms with Crippen LogP contribution in [0.1, 0.15) is 10.4 Å². The number of aryl methyl sites for hydroxylation is 1. The first-order valence-electron chi connectivity index (χ1n) is 6.94. The summed E-state index contributed by atoms with van der Waals surface area (Å²) in [7, 11) is 3.32. The fourth-order valence-corrected chi connectivity index (χ4v) is 2.23. The minimum absolute atomic E-state index is 0.279. The van der Waals surface area contributed by atoms with Crippen molar-refractivity contribution in [3.63, 3.8) is 0 Å². The van der Waals surface area contributed by atoms with Crippen LogP contribution in [0.4, 0.5) is 5.69 Å². The number of anilines is 1. The number of methoxy groups -OCH3 is 1. The molecule has 0 unspecified atom stereocenters. The lowest BCUT2D eigenvalue weighted by molar-refractivity contribution is 0.102. The van der Waals surface area contributed by atoms with E-state index in [0.29, 0.717) is 17.1 Å². The van der Waals surface area contributed by atoms with Gasteiger partial charge in [-0.05, 0) is 24.3 Å². The number of rotatable bonds is 4. The van der Waals surface area contributed by atoms with Crippen LogP contribution in [-0.4, -0.2) is 32.8 Å². The Labute approximate surface area is 133 Å². The van der Waals surface area contributed by atoms with Gasteiger partial charge < -0.3 is 14.6 Å². The molecule has 2 aromatic heterocycles. The standard InChI is InChI=1S/C16H15N5O2/c1-21-10-18-20-14(21)11-6-3-4-8-13(11)19-15(22)12-7-5-9-17-16(12)23-2/h3-10H,1-2H3,(H,19,22). The molecule has 0 saturated heterocycles. The van der Waals surface area contributed by atoms with Crippen molar-refractivity contribution in [3.8, 4) is 17.3 Å². The van der Waals surface area contributed by atoms with Crippen LogP contribution in [0.15, 0.2) is 48.9 Å². The van der Waals surface area contributed by atoms with E-state index in [1.54, 1.807) is 29.2 Å². The van der Waals surface area contributed by atoms with Gasteiger partial charge in [0.2, 0.25) is 5.88 Å². The topological polar surface area (TPSA) is 81.9 Å². The molecule has 1 aromatic carbocycles. The lowest BCUT2D eigenvalue weighted by Crippen LogP contribution is -2.14. The average Bonchev–Trinajstić information content (AvgIpc) is 3.01. The predicted octanol–water partition coefficient (Wildman–Crippen LogP) is 2.14. The number of amides is 1. The van der Waals surface area contributed by atoms with Crippen molar-refractivity contribution in [1.82, 2.24) is 19.7 Å². The highest BCUT2D eigenvalue weighted by molar-refractivity contribution is 6.07. The molecule has 0 atom stereocenters. The van der Waals surface area contributed by atoms with Crippen LogP contribution in [0.5, 0.6) is 5.88 Å². The Balaban J connectivity index is 1.95. The third kappa shape index (κ3) is 2.89. The van der Waals surface area contributed by atoms with Crippen molar-refractivity contribution >= 4 is 11.6 Å². The molecule has 23 heavy (non-hydrogen) atoms. The van der Waals surface area contributed by atoms with Gasteiger partial charge in [-0.1, -0.05) is 12.1 Å². The highest BCUT2D eigenvalue weighted by Crippen LogP contribution is 2.26. The number of ether oxygens (including phenoxy) is 1. The number of nitrogens with zero attached hydrogens (tertiary/aromatic N) is 4. The van der Waals surface area contributed by atoms with E-state index < -0.39 is 0 Å². The van der Waals surface area contributed by atoms with Crippen molar-refractivity contribution < 1.29 is 9.53 Å². The smallest absolute Gasteiger partial charge is 0.261 e. The number of carbonyl (C=O) groups is 1. The summed E-state index contributed by atoms with van der Waals surface area (Å²) in [5.74, 6) is 0.643. The van der Waals surface area contributed by atoms with Gasteiger partial charge in [-0.2, -0.15) is 0 Å². The molecule has 1 N–H and O–H groups in total. The van der Waals surface area contributed by atoms with Crippen molar-refractivity contribution in [2.24, 2.45) is 7.05 Å². The number of hydrogen-bond acceptors (Lipinski definition) is 5. The number of para-hydroxylation sites is 1. The van der Waals surface area contributed by atoms with Crippen LogP contribution in [0, 0.1) is 0 Å². The molecule has 0 radical (unpaired) electrons. The van der Waals surface area contributed by atoms with Crippen LogP contribution >= 0.6 is 0 Å². The Kier molecular flexibility index (Phi) is 4.01. The Morgan fingerprint density at radius 1 is 1.22 bits per heavy atom. The second-order valence-corrected chi connectivity index (χ2v) is 4.83. The quantitative estimate of drug-likeness (QED) is 0.798. The summed E-state index contributed by atoms with van der Waals surface area (Å²) in [6.45, 7) is 0. The van der Waals surface area contributed by atoms with Crippen molar-refractivity contribution in [1.29, 1.82) is 0 Å². The van der Waals surface area contributed by atoms with Crippen molar-refractivity contribution in [3.05, 3.63) is 54.5 Å². The molecule has 2 heterocycles. The van der Waals surface area contributed by atoms with E-state index >= 15 is 0 Å². The Morgan fingerprint density at radius 2 is 2.04 bits per heavy atom.